The number of rotatable bonds is 4. The highest BCUT2D eigenvalue weighted by molar-refractivity contribution is 6.08. The lowest BCUT2D eigenvalue weighted by Gasteiger charge is -2.15. The summed E-state index contributed by atoms with van der Waals surface area (Å²) in [6.07, 6.45) is 3.40. The molecule has 1 unspecified atom stereocenters. The summed E-state index contributed by atoms with van der Waals surface area (Å²) in [4.78, 5) is 24.9. The maximum atomic E-state index is 12.7. The van der Waals surface area contributed by atoms with Crippen molar-refractivity contribution in [3.05, 3.63) is 59.5 Å². The molecule has 0 amide bonds. The summed E-state index contributed by atoms with van der Waals surface area (Å²) < 4.78 is 0. The first-order valence-corrected chi connectivity index (χ1v) is 9.00. The van der Waals surface area contributed by atoms with Crippen molar-refractivity contribution in [2.45, 2.75) is 33.4 Å². The predicted molar refractivity (Wildman–Crippen MR) is 102 cm³/mol. The molecule has 0 fully saturated rings. The van der Waals surface area contributed by atoms with E-state index in [1.165, 1.54) is 5.56 Å². The van der Waals surface area contributed by atoms with Gasteiger partial charge in [0.25, 0.3) is 0 Å². The van der Waals surface area contributed by atoms with Crippen LogP contribution in [0.2, 0.25) is 0 Å². The van der Waals surface area contributed by atoms with Gasteiger partial charge < -0.3 is 4.98 Å². The molecule has 1 atom stereocenters. The van der Waals surface area contributed by atoms with Crippen molar-refractivity contribution in [1.29, 1.82) is 0 Å². The van der Waals surface area contributed by atoms with Crippen LogP contribution in [-0.2, 0) is 6.54 Å². The summed E-state index contributed by atoms with van der Waals surface area (Å²) in [5.74, 6) is 0.0407. The summed E-state index contributed by atoms with van der Waals surface area (Å²) >= 11 is 0. The van der Waals surface area contributed by atoms with Gasteiger partial charge in [-0.1, -0.05) is 56.3 Å². The van der Waals surface area contributed by atoms with E-state index in [1.54, 1.807) is 12.4 Å². The Labute approximate surface area is 157 Å². The summed E-state index contributed by atoms with van der Waals surface area (Å²) in [6, 6.07) is 9.98. The molecule has 7 heteroatoms. The van der Waals surface area contributed by atoms with Gasteiger partial charge in [-0.2, -0.15) is 5.11 Å². The summed E-state index contributed by atoms with van der Waals surface area (Å²) in [6.45, 7) is 7.05. The van der Waals surface area contributed by atoms with Gasteiger partial charge in [0, 0.05) is 11.6 Å². The topological polar surface area (TPSA) is 86.6 Å². The molecule has 27 heavy (non-hydrogen) atoms. The molecule has 0 bridgehead atoms. The minimum Gasteiger partial charge on any atom is -0.344 e. The maximum Gasteiger partial charge on any atom is 0.171 e. The van der Waals surface area contributed by atoms with E-state index < -0.39 is 5.41 Å². The van der Waals surface area contributed by atoms with Gasteiger partial charge in [-0.3, -0.25) is 9.80 Å². The lowest BCUT2D eigenvalue weighted by Crippen LogP contribution is -2.20. The lowest BCUT2D eigenvalue weighted by atomic mass is 9.87. The third-order valence-corrected chi connectivity index (χ3v) is 4.58. The number of fused-ring (bicyclic) bond motifs is 1. The first kappa shape index (κ1) is 17.3. The molecule has 1 aromatic carbocycles. The molecule has 0 spiro atoms. The van der Waals surface area contributed by atoms with E-state index in [4.69, 9.17) is 4.98 Å². The molecule has 1 N–H and O–H groups in total. The fourth-order valence-corrected chi connectivity index (χ4v) is 3.09. The van der Waals surface area contributed by atoms with E-state index in [1.807, 2.05) is 44.0 Å². The molecule has 3 heterocycles. The number of carbonyl (C=O) groups excluding carboxylic acids is 1. The average molecular weight is 362 g/mol. The van der Waals surface area contributed by atoms with Crippen molar-refractivity contribution in [2.75, 3.05) is 6.54 Å². The molecule has 0 radical (unpaired) electrons. The van der Waals surface area contributed by atoms with Gasteiger partial charge in [-0.05, 0) is 5.56 Å². The van der Waals surface area contributed by atoms with Crippen molar-refractivity contribution in [2.24, 2.45) is 15.8 Å². The zero-order chi connectivity index (χ0) is 19.0. The van der Waals surface area contributed by atoms with E-state index in [9.17, 15) is 4.79 Å². The Morgan fingerprint density at radius 2 is 2.04 bits per heavy atom. The van der Waals surface area contributed by atoms with Crippen LogP contribution in [0.4, 0.5) is 0 Å². The molecule has 3 aromatic rings. The van der Waals surface area contributed by atoms with E-state index in [-0.39, 0.29) is 11.8 Å². The Morgan fingerprint density at radius 1 is 1.26 bits per heavy atom. The fourth-order valence-electron chi connectivity index (χ4n) is 3.09. The van der Waals surface area contributed by atoms with Crippen LogP contribution in [0.1, 0.15) is 48.4 Å². The van der Waals surface area contributed by atoms with Gasteiger partial charge in [-0.25, -0.2) is 9.97 Å². The minimum atomic E-state index is -0.480. The Bertz CT molecular complexity index is 1000. The highest BCUT2D eigenvalue weighted by Gasteiger charge is 2.28. The van der Waals surface area contributed by atoms with Gasteiger partial charge in [0.1, 0.15) is 11.6 Å². The second-order valence-corrected chi connectivity index (χ2v) is 7.83. The van der Waals surface area contributed by atoms with Crippen LogP contribution in [0.15, 0.2) is 53.1 Å². The fraction of sp³-hybridized carbons (Fsp3) is 0.350. The summed E-state index contributed by atoms with van der Waals surface area (Å²) in [7, 11) is 0. The molecule has 0 aliphatic carbocycles. The largest absolute Gasteiger partial charge is 0.344 e. The second-order valence-electron chi connectivity index (χ2n) is 7.83. The number of Topliss-reactive ketones (excluding diaryl/α,β-unsaturated/α-hetero) is 1. The van der Waals surface area contributed by atoms with Crippen molar-refractivity contribution in [3.63, 3.8) is 0 Å². The number of benzene rings is 1. The SMILES string of the molecule is CC(C)(C)C(=O)c1c[nH]c2ncc(C3CN(Cc4ccccc4)N=N3)nc12. The normalized spacial score (nSPS) is 17.0. The van der Waals surface area contributed by atoms with Gasteiger partial charge >= 0.3 is 0 Å². The molecule has 4 rings (SSSR count). The molecular formula is C20H22N6O. The summed E-state index contributed by atoms with van der Waals surface area (Å²) in [5.41, 5.74) is 3.22. The molecular weight excluding hydrogens is 340 g/mol. The number of ketones is 1. The Hall–Kier alpha value is -3.09. The Kier molecular flexibility index (Phi) is 4.22. The monoisotopic (exact) mass is 362 g/mol. The quantitative estimate of drug-likeness (QED) is 0.708. The van der Waals surface area contributed by atoms with E-state index in [0.29, 0.717) is 29.8 Å². The number of nitrogens with zero attached hydrogens (tertiary/aromatic N) is 5. The van der Waals surface area contributed by atoms with Crippen LogP contribution in [0, 0.1) is 5.41 Å². The van der Waals surface area contributed by atoms with E-state index in [0.717, 1.165) is 5.69 Å². The van der Waals surface area contributed by atoms with Gasteiger partial charge in [-0.15, -0.1) is 0 Å². The molecule has 1 aliphatic heterocycles. The first-order chi connectivity index (χ1) is 12.9. The number of H-pyrrole nitrogens is 1. The third-order valence-electron chi connectivity index (χ3n) is 4.58. The number of nitrogens with one attached hydrogen (secondary N) is 1. The van der Waals surface area contributed by atoms with E-state index in [2.05, 4.69) is 32.4 Å². The zero-order valence-electron chi connectivity index (χ0n) is 15.7. The van der Waals surface area contributed by atoms with Gasteiger partial charge in [0.15, 0.2) is 11.4 Å². The van der Waals surface area contributed by atoms with Crippen molar-refractivity contribution in [1.82, 2.24) is 20.0 Å². The van der Waals surface area contributed by atoms with Crippen LogP contribution in [0.25, 0.3) is 11.2 Å². The standard InChI is InChI=1S/C20H22N6O/c1-20(2,3)18(27)14-9-21-19-17(14)23-15(10-22-19)16-12-26(25-24-16)11-13-7-5-4-6-8-13/h4-10,16H,11-12H2,1-3H3,(H,21,22). The van der Waals surface area contributed by atoms with E-state index >= 15 is 0 Å². The van der Waals surface area contributed by atoms with Crippen LogP contribution in [0.3, 0.4) is 0 Å². The summed E-state index contributed by atoms with van der Waals surface area (Å²) in [5, 5.41) is 10.5. The Balaban J connectivity index is 1.56. The number of carbonyl (C=O) groups is 1. The maximum absolute atomic E-state index is 12.7. The smallest absolute Gasteiger partial charge is 0.171 e. The average Bonchev–Trinajstić information content (AvgIpc) is 3.27. The van der Waals surface area contributed by atoms with Crippen LogP contribution in [0.5, 0.6) is 0 Å². The second kappa shape index (κ2) is 6.57. The van der Waals surface area contributed by atoms with Crippen molar-refractivity contribution in [3.8, 4) is 0 Å². The number of aromatic nitrogens is 3. The number of aromatic amines is 1. The predicted octanol–water partition coefficient (Wildman–Crippen LogP) is 4.11. The molecule has 0 saturated carbocycles. The third kappa shape index (κ3) is 3.45. The first-order valence-electron chi connectivity index (χ1n) is 9.00. The number of hydrogen-bond donors (Lipinski definition) is 1. The van der Waals surface area contributed by atoms with Crippen LogP contribution in [-0.4, -0.2) is 32.3 Å². The van der Waals surface area contributed by atoms with Crippen molar-refractivity contribution < 1.29 is 4.79 Å². The van der Waals surface area contributed by atoms with Gasteiger partial charge in [0.05, 0.1) is 30.5 Å². The lowest BCUT2D eigenvalue weighted by molar-refractivity contribution is 0.0860. The van der Waals surface area contributed by atoms with Crippen LogP contribution >= 0.6 is 0 Å². The molecule has 1 aliphatic rings. The molecule has 7 nitrogen and oxygen atoms in total. The minimum absolute atomic E-state index is 0.0407. The molecule has 138 valence electrons. The van der Waals surface area contributed by atoms with Crippen LogP contribution < -0.4 is 0 Å². The highest BCUT2D eigenvalue weighted by Crippen LogP contribution is 2.28. The van der Waals surface area contributed by atoms with Crippen molar-refractivity contribution >= 4 is 16.9 Å². The highest BCUT2D eigenvalue weighted by atomic mass is 16.1. The van der Waals surface area contributed by atoms with Gasteiger partial charge in [0.2, 0.25) is 0 Å². The Morgan fingerprint density at radius 3 is 2.78 bits per heavy atom. The molecule has 2 aromatic heterocycles. The zero-order valence-corrected chi connectivity index (χ0v) is 15.7. The molecule has 0 saturated heterocycles. The number of hydrogen-bond acceptors (Lipinski definition) is 6.